The normalized spacial score (nSPS) is 12.1. The fraction of sp³-hybridized carbons (Fsp3) is 0.556. The summed E-state index contributed by atoms with van der Waals surface area (Å²) in [4.78, 5) is 22.8. The summed E-state index contributed by atoms with van der Waals surface area (Å²) in [7, 11) is 0. The average Bonchev–Trinajstić information content (AvgIpc) is 2.27. The predicted molar refractivity (Wildman–Crippen MR) is 86.5 cm³/mol. The van der Waals surface area contributed by atoms with Crippen LogP contribution in [0, 0.1) is 12.3 Å². The molecule has 0 saturated heterocycles. The first-order chi connectivity index (χ1) is 9.90. The summed E-state index contributed by atoms with van der Waals surface area (Å²) in [5.41, 5.74) is 2.41. The second kappa shape index (κ2) is 6.51. The molecule has 1 aromatic carbocycles. The standard InChI is InChI=1S/C18H27NO3/c1-12-9-13(17(2,3)4)7-8-14(12)19-15(20)10-18(5,6)11-16(21)22/h7-9H,10-11H2,1-6H3,(H,19,20)(H,21,22)/p-1. The Kier molecular flexibility index (Phi) is 5.39. The van der Waals surface area contributed by atoms with Crippen LogP contribution in [0.25, 0.3) is 0 Å². The summed E-state index contributed by atoms with van der Waals surface area (Å²) in [6.07, 6.45) is 0.00378. The van der Waals surface area contributed by atoms with Crippen molar-refractivity contribution in [1.82, 2.24) is 0 Å². The van der Waals surface area contributed by atoms with Gasteiger partial charge in [-0.2, -0.15) is 0 Å². The van der Waals surface area contributed by atoms with Crippen LogP contribution in [0.4, 0.5) is 5.69 Å². The Labute approximate surface area is 132 Å². The van der Waals surface area contributed by atoms with Crippen molar-refractivity contribution >= 4 is 17.6 Å². The van der Waals surface area contributed by atoms with E-state index in [2.05, 4.69) is 32.2 Å². The van der Waals surface area contributed by atoms with Crippen LogP contribution in [0.5, 0.6) is 0 Å². The van der Waals surface area contributed by atoms with E-state index in [9.17, 15) is 14.7 Å². The van der Waals surface area contributed by atoms with Crippen LogP contribution in [0.1, 0.15) is 58.6 Å². The molecule has 0 aliphatic heterocycles. The molecule has 1 aromatic rings. The van der Waals surface area contributed by atoms with Gasteiger partial charge >= 0.3 is 0 Å². The first-order valence-corrected chi connectivity index (χ1v) is 7.51. The number of benzene rings is 1. The van der Waals surface area contributed by atoms with Gasteiger partial charge < -0.3 is 15.2 Å². The van der Waals surface area contributed by atoms with Crippen LogP contribution in [0.2, 0.25) is 0 Å². The highest BCUT2D eigenvalue weighted by atomic mass is 16.4. The Morgan fingerprint density at radius 1 is 1.09 bits per heavy atom. The highest BCUT2D eigenvalue weighted by Gasteiger charge is 2.23. The van der Waals surface area contributed by atoms with Crippen molar-refractivity contribution in [3.8, 4) is 0 Å². The highest BCUT2D eigenvalue weighted by molar-refractivity contribution is 5.92. The maximum Gasteiger partial charge on any atom is 0.224 e. The van der Waals surface area contributed by atoms with E-state index < -0.39 is 11.4 Å². The highest BCUT2D eigenvalue weighted by Crippen LogP contribution is 2.28. The van der Waals surface area contributed by atoms with Gasteiger partial charge in [0.25, 0.3) is 0 Å². The van der Waals surface area contributed by atoms with Gasteiger partial charge in [-0.15, -0.1) is 0 Å². The SMILES string of the molecule is Cc1cc(C(C)(C)C)ccc1NC(=O)CC(C)(C)CC(=O)[O-]. The molecule has 0 radical (unpaired) electrons. The molecule has 0 aromatic heterocycles. The molecule has 1 N–H and O–H groups in total. The van der Waals surface area contributed by atoms with E-state index in [1.165, 1.54) is 5.56 Å². The first kappa shape index (κ1) is 18.2. The van der Waals surface area contributed by atoms with Gasteiger partial charge in [0, 0.05) is 18.1 Å². The van der Waals surface area contributed by atoms with Crippen LogP contribution in [-0.4, -0.2) is 11.9 Å². The minimum Gasteiger partial charge on any atom is -0.550 e. The summed E-state index contributed by atoms with van der Waals surface area (Å²) in [5.74, 6) is -1.32. The molecule has 122 valence electrons. The monoisotopic (exact) mass is 304 g/mol. The Hall–Kier alpha value is -1.84. The molecule has 4 nitrogen and oxygen atoms in total. The molecule has 0 spiro atoms. The number of carbonyl (C=O) groups excluding carboxylic acids is 2. The lowest BCUT2D eigenvalue weighted by Gasteiger charge is -2.25. The Morgan fingerprint density at radius 3 is 2.14 bits per heavy atom. The van der Waals surface area contributed by atoms with Crippen molar-refractivity contribution < 1.29 is 14.7 Å². The third-order valence-electron chi connectivity index (χ3n) is 3.63. The topological polar surface area (TPSA) is 69.2 Å². The van der Waals surface area contributed by atoms with E-state index in [1.54, 1.807) is 13.8 Å². The van der Waals surface area contributed by atoms with Crippen LogP contribution < -0.4 is 10.4 Å². The van der Waals surface area contributed by atoms with Crippen molar-refractivity contribution in [2.75, 3.05) is 5.32 Å². The number of nitrogens with one attached hydrogen (secondary N) is 1. The average molecular weight is 304 g/mol. The van der Waals surface area contributed by atoms with Gasteiger partial charge in [0.1, 0.15) is 0 Å². The van der Waals surface area contributed by atoms with Crippen molar-refractivity contribution in [1.29, 1.82) is 0 Å². The maximum atomic E-state index is 12.1. The molecule has 22 heavy (non-hydrogen) atoms. The number of carboxylic acids is 1. The number of amides is 1. The number of hydrogen-bond acceptors (Lipinski definition) is 3. The second-order valence-electron chi connectivity index (χ2n) is 7.72. The molecule has 1 rings (SSSR count). The lowest BCUT2D eigenvalue weighted by atomic mass is 9.85. The summed E-state index contributed by atoms with van der Waals surface area (Å²) in [6.45, 7) is 11.9. The fourth-order valence-electron chi connectivity index (χ4n) is 2.35. The van der Waals surface area contributed by atoms with Crippen LogP contribution in [-0.2, 0) is 15.0 Å². The molecule has 0 bridgehead atoms. The molecule has 0 heterocycles. The Balaban J connectivity index is 2.79. The summed E-state index contributed by atoms with van der Waals surface area (Å²) in [6, 6.07) is 5.98. The van der Waals surface area contributed by atoms with Gasteiger partial charge in [-0.3, -0.25) is 4.79 Å². The number of carboxylic acid groups (broad SMARTS) is 1. The third kappa shape index (κ3) is 5.51. The number of aliphatic carboxylic acids is 1. The van der Waals surface area contributed by atoms with Gasteiger partial charge in [-0.25, -0.2) is 0 Å². The summed E-state index contributed by atoms with van der Waals surface area (Å²) in [5, 5.41) is 13.6. The quantitative estimate of drug-likeness (QED) is 0.909. The molecule has 4 heteroatoms. The summed E-state index contributed by atoms with van der Waals surface area (Å²) >= 11 is 0. The molecule has 0 atom stereocenters. The molecule has 0 aliphatic rings. The van der Waals surface area contributed by atoms with Crippen molar-refractivity contribution in [3.05, 3.63) is 29.3 Å². The van der Waals surface area contributed by atoms with E-state index in [1.807, 2.05) is 19.1 Å². The van der Waals surface area contributed by atoms with E-state index in [4.69, 9.17) is 0 Å². The molecule has 0 unspecified atom stereocenters. The fourth-order valence-corrected chi connectivity index (χ4v) is 2.35. The maximum absolute atomic E-state index is 12.1. The predicted octanol–water partition coefficient (Wildman–Crippen LogP) is 2.79. The molecule has 0 aliphatic carbocycles. The number of anilines is 1. The molecule has 0 fully saturated rings. The minimum atomic E-state index is -1.14. The smallest absolute Gasteiger partial charge is 0.224 e. The van der Waals surface area contributed by atoms with Gasteiger partial charge in [0.2, 0.25) is 5.91 Å². The second-order valence-corrected chi connectivity index (χ2v) is 7.72. The summed E-state index contributed by atoms with van der Waals surface area (Å²) < 4.78 is 0. The van der Waals surface area contributed by atoms with Crippen LogP contribution in [0.3, 0.4) is 0 Å². The van der Waals surface area contributed by atoms with Gasteiger partial charge in [-0.1, -0.05) is 46.8 Å². The Morgan fingerprint density at radius 2 is 1.68 bits per heavy atom. The lowest BCUT2D eigenvalue weighted by molar-refractivity contribution is -0.307. The van der Waals surface area contributed by atoms with E-state index >= 15 is 0 Å². The Bertz CT molecular complexity index is 568. The number of aryl methyl sites for hydroxylation is 1. The zero-order valence-electron chi connectivity index (χ0n) is 14.4. The van der Waals surface area contributed by atoms with Crippen molar-refractivity contribution in [3.63, 3.8) is 0 Å². The van der Waals surface area contributed by atoms with Gasteiger partial charge in [0.15, 0.2) is 0 Å². The third-order valence-corrected chi connectivity index (χ3v) is 3.63. The van der Waals surface area contributed by atoms with Crippen molar-refractivity contribution in [2.45, 2.75) is 59.8 Å². The molecular formula is C18H26NO3-. The zero-order chi connectivity index (χ0) is 17.1. The van der Waals surface area contributed by atoms with Crippen LogP contribution >= 0.6 is 0 Å². The molecule has 0 saturated carbocycles. The van der Waals surface area contributed by atoms with Crippen molar-refractivity contribution in [2.24, 2.45) is 5.41 Å². The van der Waals surface area contributed by atoms with Gasteiger partial charge in [0.05, 0.1) is 0 Å². The minimum absolute atomic E-state index is 0.0593. The lowest BCUT2D eigenvalue weighted by Crippen LogP contribution is -2.31. The van der Waals surface area contributed by atoms with E-state index in [0.29, 0.717) is 0 Å². The molecule has 1 amide bonds. The zero-order valence-corrected chi connectivity index (χ0v) is 14.4. The molecular weight excluding hydrogens is 278 g/mol. The van der Waals surface area contributed by atoms with Gasteiger partial charge in [-0.05, 0) is 41.4 Å². The number of carbonyl (C=O) groups is 2. The number of hydrogen-bond donors (Lipinski definition) is 1. The largest absolute Gasteiger partial charge is 0.550 e. The van der Waals surface area contributed by atoms with E-state index in [0.717, 1.165) is 11.3 Å². The first-order valence-electron chi connectivity index (χ1n) is 7.51. The van der Waals surface area contributed by atoms with E-state index in [-0.39, 0.29) is 24.2 Å². The van der Waals surface area contributed by atoms with Crippen LogP contribution in [0.15, 0.2) is 18.2 Å². The number of rotatable bonds is 5.